The lowest BCUT2D eigenvalue weighted by Gasteiger charge is -2.14. The van der Waals surface area contributed by atoms with E-state index in [1.165, 1.54) is 6.07 Å². The number of carboxylic acid groups (broad SMARTS) is 1. The minimum Gasteiger partial charge on any atom is -0.480 e. The number of hydrogen-bond acceptors (Lipinski definition) is 4. The standard InChI is InChI=1S/C19H18N4O3/c24-18(15-7-8-20-17(22-15)11-5-6-11)23-16(19(25)26)9-12-10-21-14-4-2-1-3-13(12)14/h1-4,7-8,10-11,16,21H,5-6,9H2,(H,23,24)(H,25,26)/t16-/m1/s1. The van der Waals surface area contributed by atoms with Gasteiger partial charge in [-0.3, -0.25) is 4.79 Å². The molecule has 1 saturated carbocycles. The molecule has 0 saturated heterocycles. The van der Waals surface area contributed by atoms with Crippen LogP contribution in [0.4, 0.5) is 0 Å². The number of nitrogens with zero attached hydrogens (tertiary/aromatic N) is 2. The average molecular weight is 350 g/mol. The van der Waals surface area contributed by atoms with Gasteiger partial charge in [0.2, 0.25) is 0 Å². The van der Waals surface area contributed by atoms with Crippen LogP contribution in [0.15, 0.2) is 42.7 Å². The third kappa shape index (κ3) is 3.28. The molecule has 3 aromatic rings. The van der Waals surface area contributed by atoms with E-state index in [1.807, 2.05) is 24.3 Å². The molecule has 0 radical (unpaired) electrons. The Kier molecular flexibility index (Phi) is 4.12. The molecule has 0 unspecified atom stereocenters. The number of hydrogen-bond donors (Lipinski definition) is 3. The predicted octanol–water partition coefficient (Wildman–Crippen LogP) is 2.26. The van der Waals surface area contributed by atoms with Gasteiger partial charge < -0.3 is 15.4 Å². The Morgan fingerprint density at radius 2 is 2.08 bits per heavy atom. The largest absolute Gasteiger partial charge is 0.480 e. The predicted molar refractivity (Wildman–Crippen MR) is 94.9 cm³/mol. The van der Waals surface area contributed by atoms with Crippen molar-refractivity contribution >= 4 is 22.8 Å². The number of fused-ring (bicyclic) bond motifs is 1. The molecule has 132 valence electrons. The number of carbonyl (C=O) groups excluding carboxylic acids is 1. The molecule has 1 amide bonds. The first kappa shape index (κ1) is 16.3. The SMILES string of the molecule is O=C(N[C@H](Cc1c[nH]c2ccccc12)C(=O)O)c1ccnc(C2CC2)n1. The minimum absolute atomic E-state index is 0.186. The number of carboxylic acids is 1. The fourth-order valence-electron chi connectivity index (χ4n) is 2.99. The van der Waals surface area contributed by atoms with Crippen molar-refractivity contribution in [2.75, 3.05) is 0 Å². The molecule has 7 heteroatoms. The Morgan fingerprint density at radius 3 is 2.85 bits per heavy atom. The summed E-state index contributed by atoms with van der Waals surface area (Å²) in [4.78, 5) is 35.7. The monoisotopic (exact) mass is 350 g/mol. The molecule has 0 aliphatic heterocycles. The Bertz CT molecular complexity index is 978. The van der Waals surface area contributed by atoms with Gasteiger partial charge in [0.15, 0.2) is 0 Å². The van der Waals surface area contributed by atoms with Gasteiger partial charge in [0.1, 0.15) is 17.6 Å². The van der Waals surface area contributed by atoms with Crippen molar-refractivity contribution in [3.63, 3.8) is 0 Å². The summed E-state index contributed by atoms with van der Waals surface area (Å²) in [5, 5.41) is 13.1. The quantitative estimate of drug-likeness (QED) is 0.632. The summed E-state index contributed by atoms with van der Waals surface area (Å²) in [7, 11) is 0. The van der Waals surface area contributed by atoms with Crippen LogP contribution in [0, 0.1) is 0 Å². The highest BCUT2D eigenvalue weighted by molar-refractivity contribution is 5.95. The summed E-state index contributed by atoms with van der Waals surface area (Å²) in [6, 6.07) is 8.12. The Hall–Kier alpha value is -3.22. The van der Waals surface area contributed by atoms with E-state index in [1.54, 1.807) is 12.4 Å². The maximum Gasteiger partial charge on any atom is 0.326 e. The van der Waals surface area contributed by atoms with Crippen LogP contribution in [0.1, 0.15) is 40.6 Å². The van der Waals surface area contributed by atoms with E-state index in [-0.39, 0.29) is 12.1 Å². The second-order valence-electron chi connectivity index (χ2n) is 6.50. The van der Waals surface area contributed by atoms with Crippen LogP contribution in [0.5, 0.6) is 0 Å². The number of aliphatic carboxylic acids is 1. The summed E-state index contributed by atoms with van der Waals surface area (Å²) >= 11 is 0. The number of para-hydroxylation sites is 1. The number of aromatic amines is 1. The topological polar surface area (TPSA) is 108 Å². The van der Waals surface area contributed by atoms with Crippen LogP contribution >= 0.6 is 0 Å². The van der Waals surface area contributed by atoms with Crippen LogP contribution in [-0.2, 0) is 11.2 Å². The van der Waals surface area contributed by atoms with E-state index in [4.69, 9.17) is 0 Å². The first-order valence-electron chi connectivity index (χ1n) is 8.53. The fraction of sp³-hybridized carbons (Fsp3) is 0.263. The van der Waals surface area contributed by atoms with Gasteiger partial charge in [-0.25, -0.2) is 14.8 Å². The van der Waals surface area contributed by atoms with Crippen LogP contribution in [0.25, 0.3) is 10.9 Å². The number of benzene rings is 1. The van der Waals surface area contributed by atoms with Crippen LogP contribution in [-0.4, -0.2) is 38.0 Å². The Balaban J connectivity index is 1.52. The minimum atomic E-state index is -1.08. The Labute approximate surface area is 149 Å². The third-order valence-electron chi connectivity index (χ3n) is 4.55. The van der Waals surface area contributed by atoms with Crippen molar-refractivity contribution in [3.05, 3.63) is 59.8 Å². The molecule has 7 nitrogen and oxygen atoms in total. The summed E-state index contributed by atoms with van der Waals surface area (Å²) in [5.41, 5.74) is 1.98. The molecular weight excluding hydrogens is 332 g/mol. The summed E-state index contributed by atoms with van der Waals surface area (Å²) in [6.45, 7) is 0. The highest BCUT2D eigenvalue weighted by Gasteiger charge is 2.28. The van der Waals surface area contributed by atoms with Gasteiger partial charge in [-0.1, -0.05) is 18.2 Å². The zero-order valence-corrected chi connectivity index (χ0v) is 14.0. The van der Waals surface area contributed by atoms with Crippen molar-refractivity contribution in [1.29, 1.82) is 0 Å². The van der Waals surface area contributed by atoms with Gasteiger partial charge in [-0.15, -0.1) is 0 Å². The van der Waals surface area contributed by atoms with E-state index < -0.39 is 17.9 Å². The van der Waals surface area contributed by atoms with E-state index >= 15 is 0 Å². The number of amides is 1. The molecular formula is C19H18N4O3. The lowest BCUT2D eigenvalue weighted by atomic mass is 10.0. The molecule has 2 aromatic heterocycles. The first-order valence-corrected chi connectivity index (χ1v) is 8.53. The highest BCUT2D eigenvalue weighted by Crippen LogP contribution is 2.37. The molecule has 0 bridgehead atoms. The molecule has 4 rings (SSSR count). The average Bonchev–Trinajstić information content (AvgIpc) is 3.43. The number of carbonyl (C=O) groups is 2. The first-order chi connectivity index (χ1) is 12.6. The van der Waals surface area contributed by atoms with E-state index in [2.05, 4.69) is 20.3 Å². The van der Waals surface area contributed by atoms with E-state index in [0.717, 1.165) is 29.3 Å². The normalized spacial score (nSPS) is 14.9. The maximum absolute atomic E-state index is 12.5. The van der Waals surface area contributed by atoms with Gasteiger partial charge in [-0.05, 0) is 30.5 Å². The Morgan fingerprint density at radius 1 is 1.27 bits per heavy atom. The molecule has 3 N–H and O–H groups in total. The second kappa shape index (κ2) is 6.59. The summed E-state index contributed by atoms with van der Waals surface area (Å²) < 4.78 is 0. The van der Waals surface area contributed by atoms with Crippen molar-refractivity contribution < 1.29 is 14.7 Å². The molecule has 1 aromatic carbocycles. The molecule has 1 aliphatic rings. The molecule has 1 fully saturated rings. The summed E-state index contributed by atoms with van der Waals surface area (Å²) in [6.07, 6.45) is 5.58. The van der Waals surface area contributed by atoms with Gasteiger partial charge in [0.25, 0.3) is 5.91 Å². The second-order valence-corrected chi connectivity index (χ2v) is 6.50. The van der Waals surface area contributed by atoms with E-state index in [9.17, 15) is 14.7 Å². The zero-order valence-electron chi connectivity index (χ0n) is 14.0. The van der Waals surface area contributed by atoms with Crippen LogP contribution < -0.4 is 5.32 Å². The van der Waals surface area contributed by atoms with Gasteiger partial charge in [0, 0.05) is 35.6 Å². The lowest BCUT2D eigenvalue weighted by Crippen LogP contribution is -2.42. The number of H-pyrrole nitrogens is 1. The van der Waals surface area contributed by atoms with Crippen LogP contribution in [0.2, 0.25) is 0 Å². The third-order valence-corrected chi connectivity index (χ3v) is 4.55. The highest BCUT2D eigenvalue weighted by atomic mass is 16.4. The van der Waals surface area contributed by atoms with Gasteiger partial charge in [0.05, 0.1) is 0 Å². The summed E-state index contributed by atoms with van der Waals surface area (Å²) in [5.74, 6) is -0.605. The molecule has 1 atom stereocenters. The maximum atomic E-state index is 12.5. The van der Waals surface area contributed by atoms with Crippen molar-refractivity contribution in [3.8, 4) is 0 Å². The molecule has 1 aliphatic carbocycles. The van der Waals surface area contributed by atoms with Crippen LogP contribution in [0.3, 0.4) is 0 Å². The van der Waals surface area contributed by atoms with Gasteiger partial charge in [-0.2, -0.15) is 0 Å². The van der Waals surface area contributed by atoms with Crippen molar-refractivity contribution in [2.24, 2.45) is 0 Å². The fourth-order valence-corrected chi connectivity index (χ4v) is 2.99. The lowest BCUT2D eigenvalue weighted by molar-refractivity contribution is -0.139. The van der Waals surface area contributed by atoms with Crippen molar-refractivity contribution in [1.82, 2.24) is 20.3 Å². The molecule has 2 heterocycles. The number of rotatable bonds is 6. The van der Waals surface area contributed by atoms with Crippen molar-refractivity contribution in [2.45, 2.75) is 31.2 Å². The smallest absolute Gasteiger partial charge is 0.326 e. The van der Waals surface area contributed by atoms with Gasteiger partial charge >= 0.3 is 5.97 Å². The number of aromatic nitrogens is 3. The molecule has 26 heavy (non-hydrogen) atoms. The number of nitrogens with one attached hydrogen (secondary N) is 2. The molecule has 0 spiro atoms. The van der Waals surface area contributed by atoms with E-state index in [0.29, 0.717) is 11.7 Å². The zero-order chi connectivity index (χ0) is 18.1.